The van der Waals surface area contributed by atoms with E-state index in [1.54, 1.807) is 6.07 Å². The van der Waals surface area contributed by atoms with Crippen LogP contribution in [-0.4, -0.2) is 83.6 Å². The van der Waals surface area contributed by atoms with Crippen molar-refractivity contribution in [3.8, 4) is 35.2 Å². The average Bonchev–Trinajstić information content (AvgIpc) is 3.98. The molecule has 4 aromatic rings. The first kappa shape index (κ1) is 29.1. The van der Waals surface area contributed by atoms with Crippen LogP contribution in [0.5, 0.6) is 11.8 Å². The van der Waals surface area contributed by atoms with Gasteiger partial charge in [0.1, 0.15) is 23.2 Å². The van der Waals surface area contributed by atoms with Crippen molar-refractivity contribution in [2.45, 2.75) is 56.2 Å². The zero-order valence-electron chi connectivity index (χ0n) is 26.2. The molecule has 1 spiro atoms. The smallest absolute Gasteiger partial charge is 0.318 e. The third-order valence-corrected chi connectivity index (χ3v) is 10.9. The third-order valence-electron chi connectivity index (χ3n) is 10.9. The topological polar surface area (TPSA) is 83.0 Å². The Morgan fingerprint density at radius 3 is 2.57 bits per heavy atom. The van der Waals surface area contributed by atoms with E-state index in [4.69, 9.17) is 25.9 Å². The zero-order valence-corrected chi connectivity index (χ0v) is 26.2. The minimum atomic E-state index is -0.583. The van der Waals surface area contributed by atoms with Gasteiger partial charge in [0.2, 0.25) is 0 Å². The summed E-state index contributed by atoms with van der Waals surface area (Å²) in [5, 5.41) is 15.7. The number of terminal acetylenes is 1. The normalized spacial score (nSPS) is 24.1. The molecule has 3 aromatic carbocycles. The first-order valence-electron chi connectivity index (χ1n) is 16.7. The Kier molecular flexibility index (Phi) is 6.66. The van der Waals surface area contributed by atoms with Gasteiger partial charge in [-0.25, -0.2) is 8.78 Å². The molecule has 2 aliphatic carbocycles. The van der Waals surface area contributed by atoms with Crippen LogP contribution in [0.4, 0.5) is 14.6 Å². The highest BCUT2D eigenvalue weighted by Crippen LogP contribution is 2.49. The van der Waals surface area contributed by atoms with Gasteiger partial charge in [-0.05, 0) is 79.8 Å². The van der Waals surface area contributed by atoms with Crippen LogP contribution in [0.1, 0.15) is 44.1 Å². The van der Waals surface area contributed by atoms with Crippen molar-refractivity contribution in [3.05, 3.63) is 53.6 Å². The van der Waals surface area contributed by atoms with Crippen LogP contribution >= 0.6 is 0 Å². The molecule has 3 aliphatic heterocycles. The van der Waals surface area contributed by atoms with E-state index in [1.807, 2.05) is 0 Å². The predicted molar refractivity (Wildman–Crippen MR) is 176 cm³/mol. The first-order chi connectivity index (χ1) is 22.8. The molecule has 3 saturated heterocycles. The van der Waals surface area contributed by atoms with Gasteiger partial charge in [0, 0.05) is 66.6 Å². The Balaban J connectivity index is 1.11. The molecule has 4 heterocycles. The number of phenolic OH excluding ortho intramolecular Hbond substituents is 1. The number of halogens is 2. The molecule has 2 saturated carbocycles. The van der Waals surface area contributed by atoms with Crippen LogP contribution in [0, 0.1) is 29.4 Å². The molecular formula is C37H37F2N5O3. The molecule has 47 heavy (non-hydrogen) atoms. The summed E-state index contributed by atoms with van der Waals surface area (Å²) >= 11 is 0. The van der Waals surface area contributed by atoms with Crippen molar-refractivity contribution in [1.82, 2.24) is 20.2 Å². The van der Waals surface area contributed by atoms with Gasteiger partial charge in [-0.2, -0.15) is 9.97 Å². The number of rotatable bonds is 7. The summed E-state index contributed by atoms with van der Waals surface area (Å²) in [4.78, 5) is 14.5. The van der Waals surface area contributed by atoms with Crippen LogP contribution < -0.4 is 15.0 Å². The standard InChI is InChI=1S/C37H37F2N5O3/c1-2-26-30(38)6-3-22-13-25(45)14-28(33(22)26)27-16-32-29(15-31(27)39)34(44-17-23-4-5-24(18-44)40-23)42-35(41-32)46-21-36(7-8-36)19-43-11-12-47-37(20-43)9-10-37/h1,3,6,13-16,23-24,40,45H,4-5,7-12,17-21H2. The molecule has 5 aliphatic rings. The minimum absolute atomic E-state index is 0.0169. The van der Waals surface area contributed by atoms with Gasteiger partial charge in [0.15, 0.2) is 0 Å². The van der Waals surface area contributed by atoms with Gasteiger partial charge in [-0.3, -0.25) is 4.90 Å². The van der Waals surface area contributed by atoms with Gasteiger partial charge < -0.3 is 24.8 Å². The predicted octanol–water partition coefficient (Wildman–Crippen LogP) is 5.38. The number of morpholine rings is 1. The fraction of sp³-hybridized carbons (Fsp3) is 0.459. The van der Waals surface area contributed by atoms with Crippen LogP contribution in [0.15, 0.2) is 36.4 Å². The van der Waals surface area contributed by atoms with Crippen molar-refractivity contribution >= 4 is 27.5 Å². The maximum absolute atomic E-state index is 16.3. The summed E-state index contributed by atoms with van der Waals surface area (Å²) in [5.74, 6) is 1.88. The van der Waals surface area contributed by atoms with E-state index in [-0.39, 0.29) is 33.9 Å². The van der Waals surface area contributed by atoms with Crippen LogP contribution in [0.3, 0.4) is 0 Å². The Bertz CT molecular complexity index is 1960. The van der Waals surface area contributed by atoms with E-state index >= 15 is 4.39 Å². The SMILES string of the molecule is C#Cc1c(F)ccc2cc(O)cc(-c3cc4nc(OCC5(CN6CCOC7(CC7)C6)CC5)nc(N5CC6CCC(C5)N6)c4cc3F)c12. The molecule has 2 unspecified atom stereocenters. The summed E-state index contributed by atoms with van der Waals surface area (Å²) in [6.45, 7) is 5.70. The highest BCUT2D eigenvalue weighted by atomic mass is 19.1. The molecule has 9 rings (SSSR count). The number of benzene rings is 3. The van der Waals surface area contributed by atoms with Gasteiger partial charge in [-0.15, -0.1) is 6.42 Å². The van der Waals surface area contributed by atoms with Crippen molar-refractivity contribution in [2.75, 3.05) is 50.8 Å². The van der Waals surface area contributed by atoms with E-state index in [0.29, 0.717) is 51.7 Å². The Labute approximate surface area is 272 Å². The van der Waals surface area contributed by atoms with Crippen LogP contribution in [0.25, 0.3) is 32.8 Å². The minimum Gasteiger partial charge on any atom is -0.508 e. The maximum atomic E-state index is 16.3. The molecule has 2 atom stereocenters. The largest absolute Gasteiger partial charge is 0.508 e. The molecule has 2 bridgehead atoms. The van der Waals surface area contributed by atoms with Crippen molar-refractivity contribution in [3.63, 3.8) is 0 Å². The number of piperazine rings is 1. The number of ether oxygens (including phenoxy) is 2. The second kappa shape index (κ2) is 10.7. The molecular weight excluding hydrogens is 600 g/mol. The lowest BCUT2D eigenvalue weighted by Gasteiger charge is -2.35. The molecule has 0 amide bonds. The Morgan fingerprint density at radius 2 is 1.83 bits per heavy atom. The number of hydrogen-bond donors (Lipinski definition) is 2. The van der Waals surface area contributed by atoms with E-state index in [0.717, 1.165) is 77.9 Å². The average molecular weight is 638 g/mol. The molecule has 0 radical (unpaired) electrons. The van der Waals surface area contributed by atoms with Crippen molar-refractivity contribution in [2.24, 2.45) is 5.41 Å². The number of nitrogens with zero attached hydrogens (tertiary/aromatic N) is 4. The highest BCUT2D eigenvalue weighted by molar-refractivity contribution is 6.04. The lowest BCUT2D eigenvalue weighted by Crippen LogP contribution is -2.51. The molecule has 2 N–H and O–H groups in total. The summed E-state index contributed by atoms with van der Waals surface area (Å²) < 4.78 is 43.6. The van der Waals surface area contributed by atoms with E-state index in [9.17, 15) is 9.50 Å². The molecule has 5 fully saturated rings. The van der Waals surface area contributed by atoms with E-state index in [1.165, 1.54) is 30.3 Å². The monoisotopic (exact) mass is 637 g/mol. The lowest BCUT2D eigenvalue weighted by atomic mass is 9.93. The van der Waals surface area contributed by atoms with E-state index in [2.05, 4.69) is 21.0 Å². The molecule has 242 valence electrons. The van der Waals surface area contributed by atoms with Gasteiger partial charge in [0.05, 0.1) is 29.9 Å². The fourth-order valence-electron chi connectivity index (χ4n) is 8.09. The number of nitrogens with one attached hydrogen (secondary N) is 1. The number of phenols is 1. The second-order valence-electron chi connectivity index (χ2n) is 14.4. The van der Waals surface area contributed by atoms with Gasteiger partial charge >= 0.3 is 6.01 Å². The zero-order chi connectivity index (χ0) is 31.9. The van der Waals surface area contributed by atoms with E-state index < -0.39 is 11.6 Å². The lowest BCUT2D eigenvalue weighted by molar-refractivity contribution is -0.0532. The van der Waals surface area contributed by atoms with Gasteiger partial charge in [0.25, 0.3) is 0 Å². The third kappa shape index (κ3) is 5.25. The Hall–Kier alpha value is -4.04. The van der Waals surface area contributed by atoms with Crippen molar-refractivity contribution < 1.29 is 23.4 Å². The molecule has 10 heteroatoms. The summed E-state index contributed by atoms with van der Waals surface area (Å²) in [7, 11) is 0. The number of fused-ring (bicyclic) bond motifs is 4. The molecule has 8 nitrogen and oxygen atoms in total. The van der Waals surface area contributed by atoms with Crippen LogP contribution in [-0.2, 0) is 4.74 Å². The first-order valence-corrected chi connectivity index (χ1v) is 16.7. The van der Waals surface area contributed by atoms with Crippen LogP contribution in [0.2, 0.25) is 0 Å². The number of anilines is 1. The second-order valence-corrected chi connectivity index (χ2v) is 14.4. The van der Waals surface area contributed by atoms with Gasteiger partial charge in [-0.1, -0.05) is 12.0 Å². The number of aromatic hydroxyl groups is 1. The maximum Gasteiger partial charge on any atom is 0.318 e. The highest BCUT2D eigenvalue weighted by Gasteiger charge is 2.51. The quantitative estimate of drug-likeness (QED) is 0.262. The number of aromatic nitrogens is 2. The summed E-state index contributed by atoms with van der Waals surface area (Å²) in [6.07, 6.45) is 12.4. The summed E-state index contributed by atoms with van der Waals surface area (Å²) in [6, 6.07) is 9.78. The summed E-state index contributed by atoms with van der Waals surface area (Å²) in [5.41, 5.74) is 1.13. The van der Waals surface area contributed by atoms with Crippen molar-refractivity contribution in [1.29, 1.82) is 0 Å². The molecule has 1 aromatic heterocycles. The number of hydrogen-bond acceptors (Lipinski definition) is 8. The fourth-order valence-corrected chi connectivity index (χ4v) is 8.09. The Morgan fingerprint density at radius 1 is 1.02 bits per heavy atom.